The Hall–Kier alpha value is -14.1. The first-order valence-corrected chi connectivity index (χ1v) is 41.3. The summed E-state index contributed by atoms with van der Waals surface area (Å²) >= 11 is 0. The van der Waals surface area contributed by atoms with Crippen molar-refractivity contribution >= 4 is 147 Å². The second kappa shape index (κ2) is 32.6. The van der Waals surface area contributed by atoms with Crippen molar-refractivity contribution in [2.75, 3.05) is 19.6 Å². The van der Waals surface area contributed by atoms with Crippen LogP contribution in [-0.4, -0.2) is 13.4 Å². The van der Waals surface area contributed by atoms with Crippen LogP contribution in [0, 0.1) is 55.4 Å². The van der Waals surface area contributed by atoms with Crippen LogP contribution < -0.4 is 52.4 Å². The molecule has 0 N–H and O–H groups in total. The molecule has 0 amide bonds. The van der Waals surface area contributed by atoms with E-state index in [1.54, 1.807) is 24.3 Å². The minimum Gasteiger partial charge on any atom is -0.310 e. The van der Waals surface area contributed by atoms with Crippen molar-refractivity contribution in [3.8, 4) is 22.3 Å². The van der Waals surface area contributed by atoms with Gasteiger partial charge in [-0.05, 0) is 268 Å². The van der Waals surface area contributed by atoms with Crippen LogP contribution in [0.5, 0.6) is 0 Å². The fourth-order valence-corrected chi connectivity index (χ4v) is 19.4. The number of nitrogens with zero attached hydrogens (tertiary/aromatic N) is 4. The molecule has 18 aromatic carbocycles. The van der Waals surface area contributed by atoms with Crippen molar-refractivity contribution < 1.29 is 26.3 Å². The second-order valence-electron chi connectivity index (χ2n) is 32.0. The third kappa shape index (κ3) is 14.7. The van der Waals surface area contributed by atoms with E-state index >= 15 is 26.3 Å². The van der Waals surface area contributed by atoms with E-state index in [0.29, 0.717) is 43.6 Å². The molecule has 12 heteroatoms. The van der Waals surface area contributed by atoms with Crippen LogP contribution in [-0.2, 0) is 12.4 Å². The van der Waals surface area contributed by atoms with Crippen molar-refractivity contribution in [3.63, 3.8) is 0 Å². The van der Waals surface area contributed by atoms with Crippen molar-refractivity contribution in [2.24, 2.45) is 0 Å². The SMILES string of the molecule is Cc1cc(N(c2ccccc2)c2ccccc2)cc(C)c1B(c1c(C)cc(N(c2ccccc2)c2ccccc2)cc1C)c1cc(-c2ccccc2C(F)(F)F)c2ccc3c(B(c4c(C)cc(N(c5ccccc5)c5ccccc5)cc4C)c4c(C)cc(N(c5ccccc5)c5ccccc5)cc4C)cc(-c4ccccc4C(F)(F)F)c4ccc1c2c34. The molecule has 0 saturated carbocycles. The first-order chi connectivity index (χ1) is 59.2. The summed E-state index contributed by atoms with van der Waals surface area (Å²) in [7, 11) is 0. The van der Waals surface area contributed by atoms with E-state index in [2.05, 4.69) is 221 Å². The van der Waals surface area contributed by atoms with Crippen molar-refractivity contribution in [1.29, 1.82) is 0 Å². The van der Waals surface area contributed by atoms with Crippen LogP contribution in [0.2, 0.25) is 0 Å². The summed E-state index contributed by atoms with van der Waals surface area (Å²) in [6, 6.07) is 124. The van der Waals surface area contributed by atoms with Gasteiger partial charge in [0.1, 0.15) is 0 Å². The molecule has 594 valence electrons. The smallest absolute Gasteiger partial charge is 0.310 e. The van der Waals surface area contributed by atoms with Gasteiger partial charge in [0.05, 0.1) is 11.1 Å². The fraction of sp³-hybridized carbons (Fsp3) is 0.0909. The molecule has 0 aliphatic rings. The number of hydrogen-bond acceptors (Lipinski definition) is 4. The Morgan fingerprint density at radius 2 is 0.369 bits per heavy atom. The number of alkyl halides is 6. The monoisotopic (exact) mass is 1600 g/mol. The summed E-state index contributed by atoms with van der Waals surface area (Å²) in [5.41, 5.74) is 22.8. The maximum Gasteiger partial charge on any atom is 0.417 e. The van der Waals surface area contributed by atoms with E-state index in [-0.39, 0.29) is 11.1 Å². The van der Waals surface area contributed by atoms with Gasteiger partial charge < -0.3 is 19.6 Å². The molecule has 0 atom stereocenters. The van der Waals surface area contributed by atoms with Gasteiger partial charge in [-0.25, -0.2) is 0 Å². The molecule has 122 heavy (non-hydrogen) atoms. The summed E-state index contributed by atoms with van der Waals surface area (Å²) in [4.78, 5) is 8.99. The average molecular weight is 1600 g/mol. The summed E-state index contributed by atoms with van der Waals surface area (Å²) in [5.74, 6) is 0. The van der Waals surface area contributed by atoms with Gasteiger partial charge in [-0.3, -0.25) is 0 Å². The Balaban J connectivity index is 0.985. The molecule has 0 fully saturated rings. The maximum absolute atomic E-state index is 16.6. The zero-order valence-corrected chi connectivity index (χ0v) is 69.0. The van der Waals surface area contributed by atoms with Crippen LogP contribution in [0.1, 0.15) is 55.6 Å². The summed E-state index contributed by atoms with van der Waals surface area (Å²) in [6.45, 7) is 15.7. The highest BCUT2D eigenvalue weighted by atomic mass is 19.4. The molecular weight excluding hydrogens is 1510 g/mol. The van der Waals surface area contributed by atoms with Crippen molar-refractivity contribution in [1.82, 2.24) is 0 Å². The summed E-state index contributed by atoms with van der Waals surface area (Å²) in [5, 5.41) is 3.71. The fourth-order valence-electron chi connectivity index (χ4n) is 19.4. The third-order valence-corrected chi connectivity index (χ3v) is 24.2. The van der Waals surface area contributed by atoms with Gasteiger partial charge in [-0.2, -0.15) is 26.3 Å². The van der Waals surface area contributed by atoms with Gasteiger partial charge in [0.15, 0.2) is 0 Å². The molecule has 0 spiro atoms. The van der Waals surface area contributed by atoms with Crippen molar-refractivity contribution in [3.05, 3.63) is 432 Å². The van der Waals surface area contributed by atoms with Crippen LogP contribution in [0.15, 0.2) is 376 Å². The molecule has 0 aliphatic heterocycles. The van der Waals surface area contributed by atoms with E-state index in [1.807, 2.05) is 182 Å². The van der Waals surface area contributed by atoms with Crippen LogP contribution in [0.4, 0.5) is 94.6 Å². The van der Waals surface area contributed by atoms with Crippen LogP contribution in [0.3, 0.4) is 0 Å². The number of anilines is 12. The third-order valence-electron chi connectivity index (χ3n) is 24.2. The molecule has 0 bridgehead atoms. The Labute approximate surface area is 710 Å². The molecule has 0 aromatic heterocycles. The van der Waals surface area contributed by atoms with Crippen molar-refractivity contribution in [2.45, 2.75) is 67.7 Å². The molecule has 0 aliphatic carbocycles. The first-order valence-electron chi connectivity index (χ1n) is 41.3. The molecule has 4 nitrogen and oxygen atoms in total. The number of rotatable bonds is 20. The highest BCUT2D eigenvalue weighted by molar-refractivity contribution is 6.99. The van der Waals surface area contributed by atoms with Gasteiger partial charge >= 0.3 is 12.4 Å². The Bertz CT molecular complexity index is 5950. The topological polar surface area (TPSA) is 13.0 Å². The molecule has 0 heterocycles. The quantitative estimate of drug-likeness (QED) is 0.0428. The largest absolute Gasteiger partial charge is 0.417 e. The normalized spacial score (nSPS) is 11.7. The lowest BCUT2D eigenvalue weighted by Gasteiger charge is -2.32. The van der Waals surface area contributed by atoms with E-state index in [1.165, 1.54) is 12.1 Å². The highest BCUT2D eigenvalue weighted by Gasteiger charge is 2.40. The Morgan fingerprint density at radius 1 is 0.189 bits per heavy atom. The van der Waals surface area contributed by atoms with Gasteiger partial charge in [0.2, 0.25) is 13.4 Å². The number of halogens is 6. The van der Waals surface area contributed by atoms with E-state index in [0.717, 1.165) is 158 Å². The minimum atomic E-state index is -4.83. The lowest BCUT2D eigenvalue weighted by Crippen LogP contribution is -2.56. The van der Waals surface area contributed by atoms with Gasteiger partial charge in [0, 0.05) is 68.2 Å². The Morgan fingerprint density at radius 3 is 0.566 bits per heavy atom. The number of aryl methyl sites for hydroxylation is 8. The van der Waals surface area contributed by atoms with Crippen LogP contribution >= 0.6 is 0 Å². The van der Waals surface area contributed by atoms with E-state index in [9.17, 15) is 0 Å². The summed E-state index contributed by atoms with van der Waals surface area (Å²) in [6.07, 6.45) is -9.66. The summed E-state index contributed by atoms with van der Waals surface area (Å²) < 4.78 is 99.5. The first kappa shape index (κ1) is 79.1. The number of para-hydroxylation sites is 8. The predicted molar refractivity (Wildman–Crippen MR) is 503 cm³/mol. The minimum absolute atomic E-state index is 0.0354. The number of benzene rings is 18. The molecular formula is C110H86B2F6N4. The highest BCUT2D eigenvalue weighted by Crippen LogP contribution is 2.49. The van der Waals surface area contributed by atoms with Gasteiger partial charge in [-0.1, -0.05) is 296 Å². The molecule has 18 rings (SSSR count). The zero-order chi connectivity index (χ0) is 84.2. The Kier molecular flexibility index (Phi) is 21.1. The number of hydrogen-bond donors (Lipinski definition) is 0. The maximum atomic E-state index is 16.6. The van der Waals surface area contributed by atoms with Crippen LogP contribution in [0.25, 0.3) is 54.6 Å². The zero-order valence-electron chi connectivity index (χ0n) is 69.0. The van der Waals surface area contributed by atoms with E-state index in [4.69, 9.17) is 0 Å². The lowest BCUT2D eigenvalue weighted by molar-refractivity contribution is -0.137. The van der Waals surface area contributed by atoms with E-state index < -0.39 is 36.9 Å². The van der Waals surface area contributed by atoms with Gasteiger partial charge in [-0.15, -0.1) is 0 Å². The predicted octanol–water partition coefficient (Wildman–Crippen LogP) is 27.3. The molecule has 0 radical (unpaired) electrons. The molecule has 0 saturated heterocycles. The molecule has 0 unspecified atom stereocenters. The lowest BCUT2D eigenvalue weighted by atomic mass is 9.33. The second-order valence-corrected chi connectivity index (χ2v) is 32.0. The molecule has 18 aromatic rings. The average Bonchev–Trinajstić information content (AvgIpc) is 0.702. The standard InChI is InChI=1S/C110H86B2F6N4/c1-71-61-87(119(79-37-17-9-18-38-79)80-39-19-10-20-40-80)62-72(2)105(71)111(106-73(3)63-88(64-74(106)4)120(81-41-21-11-22-42-81)82-43-23-12-24-44-82)101-69-97(91-53-33-35-55-99(91)109(113,114)115)93-58-60-96-102(70-98(94-57-59-95(101)103(93)104(94)96)92-54-34-36-56-100(92)110(116,117)118)112(107-75(5)65-89(66-76(107)6)121(83-45-25-13-26-46-83)84-47-27-14-28-48-84)108-77(7)67-90(68-78(108)8)122(85-49-29-15-30-50-85)86-51-31-16-32-52-86/h9-70H,1-8H3. The van der Waals surface area contributed by atoms with Gasteiger partial charge in [0.25, 0.3) is 0 Å².